The third-order valence-electron chi connectivity index (χ3n) is 4.80. The summed E-state index contributed by atoms with van der Waals surface area (Å²) in [6.07, 6.45) is 0. The van der Waals surface area contributed by atoms with Crippen molar-refractivity contribution in [3.8, 4) is 0 Å². The molecule has 0 saturated carbocycles. The highest BCUT2D eigenvalue weighted by Crippen LogP contribution is 2.22. The van der Waals surface area contributed by atoms with Crippen LogP contribution in [0.5, 0.6) is 0 Å². The summed E-state index contributed by atoms with van der Waals surface area (Å²) in [5.74, 6) is 0.0451. The van der Waals surface area contributed by atoms with Gasteiger partial charge in [-0.1, -0.05) is 22.9 Å². The summed E-state index contributed by atoms with van der Waals surface area (Å²) in [6, 6.07) is 13.5. The third-order valence-corrected chi connectivity index (χ3v) is 5.04. The van der Waals surface area contributed by atoms with Crippen molar-refractivity contribution in [2.75, 3.05) is 31.1 Å². The molecule has 0 N–H and O–H groups in total. The fourth-order valence-corrected chi connectivity index (χ4v) is 3.55. The summed E-state index contributed by atoms with van der Waals surface area (Å²) < 4.78 is 1.83. The summed E-state index contributed by atoms with van der Waals surface area (Å²) in [4.78, 5) is 17.0. The van der Waals surface area contributed by atoms with E-state index in [1.165, 1.54) is 0 Å². The van der Waals surface area contributed by atoms with E-state index in [-0.39, 0.29) is 5.91 Å². The van der Waals surface area contributed by atoms with Crippen LogP contribution in [0.25, 0.3) is 11.0 Å². The molecule has 6 nitrogen and oxygen atoms in total. The van der Waals surface area contributed by atoms with Crippen LogP contribution in [-0.4, -0.2) is 52.0 Å². The smallest absolute Gasteiger partial charge is 0.254 e. The Balaban J connectivity index is 1.46. The summed E-state index contributed by atoms with van der Waals surface area (Å²) in [7, 11) is 0. The van der Waals surface area contributed by atoms with Gasteiger partial charge in [0.05, 0.1) is 5.52 Å². The first kappa shape index (κ1) is 16.8. The van der Waals surface area contributed by atoms with Gasteiger partial charge in [-0.2, -0.15) is 0 Å². The number of rotatable bonds is 3. The first-order valence-electron chi connectivity index (χ1n) is 8.79. The number of halogens is 1. The maximum atomic E-state index is 12.8. The van der Waals surface area contributed by atoms with Crippen molar-refractivity contribution < 1.29 is 4.79 Å². The highest BCUT2D eigenvalue weighted by atomic mass is 35.5. The molecule has 1 aliphatic heterocycles. The molecular weight excluding hydrogens is 350 g/mol. The molecule has 0 atom stereocenters. The zero-order valence-corrected chi connectivity index (χ0v) is 15.4. The molecule has 1 saturated heterocycles. The van der Waals surface area contributed by atoms with Crippen molar-refractivity contribution in [1.29, 1.82) is 0 Å². The first-order valence-corrected chi connectivity index (χ1v) is 9.16. The molecule has 1 aliphatic rings. The lowest BCUT2D eigenvalue weighted by Gasteiger charge is -2.36. The van der Waals surface area contributed by atoms with Crippen LogP contribution >= 0.6 is 11.6 Å². The predicted molar refractivity (Wildman–Crippen MR) is 103 cm³/mol. The van der Waals surface area contributed by atoms with Gasteiger partial charge in [0.15, 0.2) is 0 Å². The van der Waals surface area contributed by atoms with Gasteiger partial charge in [-0.05, 0) is 43.3 Å². The zero-order chi connectivity index (χ0) is 18.1. The summed E-state index contributed by atoms with van der Waals surface area (Å²) in [5, 5.41) is 8.99. The van der Waals surface area contributed by atoms with E-state index in [0.717, 1.165) is 41.4 Å². The number of hydrogen-bond donors (Lipinski definition) is 0. The number of amides is 1. The van der Waals surface area contributed by atoms with Gasteiger partial charge in [-0.3, -0.25) is 4.79 Å². The maximum Gasteiger partial charge on any atom is 0.254 e. The minimum atomic E-state index is 0.0451. The number of hydrogen-bond acceptors (Lipinski definition) is 4. The van der Waals surface area contributed by atoms with Crippen molar-refractivity contribution in [3.63, 3.8) is 0 Å². The highest BCUT2D eigenvalue weighted by molar-refractivity contribution is 6.30. The summed E-state index contributed by atoms with van der Waals surface area (Å²) in [5.41, 5.74) is 3.48. The Labute approximate surface area is 156 Å². The molecule has 0 spiro atoms. The van der Waals surface area contributed by atoms with E-state index in [1.54, 1.807) is 0 Å². The molecule has 1 fully saturated rings. The standard InChI is InChI=1S/C19H20ClN5O/c1-2-25-18-7-6-14(12-17(18)21-22-25)19(26)24-10-8-23(9-11-24)16-5-3-4-15(20)13-16/h3-7,12-13H,2,8-11H2,1H3. The van der Waals surface area contributed by atoms with E-state index >= 15 is 0 Å². The molecule has 1 amide bonds. The molecule has 0 aliphatic carbocycles. The Hall–Kier alpha value is -2.60. The van der Waals surface area contributed by atoms with E-state index in [0.29, 0.717) is 18.7 Å². The van der Waals surface area contributed by atoms with Crippen molar-refractivity contribution in [2.24, 2.45) is 0 Å². The number of piperazine rings is 1. The van der Waals surface area contributed by atoms with Gasteiger partial charge in [-0.25, -0.2) is 4.68 Å². The second-order valence-electron chi connectivity index (χ2n) is 6.37. The van der Waals surface area contributed by atoms with E-state index in [9.17, 15) is 4.79 Å². The van der Waals surface area contributed by atoms with Crippen LogP contribution in [0.2, 0.25) is 5.02 Å². The summed E-state index contributed by atoms with van der Waals surface area (Å²) >= 11 is 6.08. The predicted octanol–water partition coefficient (Wildman–Crippen LogP) is 3.07. The Morgan fingerprint density at radius 1 is 1.12 bits per heavy atom. The molecule has 26 heavy (non-hydrogen) atoms. The quantitative estimate of drug-likeness (QED) is 0.712. The van der Waals surface area contributed by atoms with Crippen LogP contribution in [0.3, 0.4) is 0 Å². The lowest BCUT2D eigenvalue weighted by Crippen LogP contribution is -2.48. The van der Waals surface area contributed by atoms with Gasteiger partial charge >= 0.3 is 0 Å². The Morgan fingerprint density at radius 3 is 2.65 bits per heavy atom. The Bertz CT molecular complexity index is 946. The molecule has 134 valence electrons. The van der Waals surface area contributed by atoms with Crippen molar-refractivity contribution in [1.82, 2.24) is 19.9 Å². The second-order valence-corrected chi connectivity index (χ2v) is 6.80. The average molecular weight is 370 g/mol. The molecule has 4 rings (SSSR count). The van der Waals surface area contributed by atoms with Gasteiger partial charge in [-0.15, -0.1) is 5.10 Å². The van der Waals surface area contributed by atoms with Gasteiger partial charge in [0.2, 0.25) is 0 Å². The second kappa shape index (κ2) is 6.96. The number of aryl methyl sites for hydroxylation is 1. The van der Waals surface area contributed by atoms with Crippen molar-refractivity contribution in [2.45, 2.75) is 13.5 Å². The van der Waals surface area contributed by atoms with Crippen LogP contribution < -0.4 is 4.90 Å². The molecule has 7 heteroatoms. The fraction of sp³-hybridized carbons (Fsp3) is 0.316. The Morgan fingerprint density at radius 2 is 1.92 bits per heavy atom. The average Bonchev–Trinajstić information content (AvgIpc) is 3.10. The molecule has 3 aromatic rings. The number of aromatic nitrogens is 3. The lowest BCUT2D eigenvalue weighted by atomic mass is 10.1. The van der Waals surface area contributed by atoms with E-state index in [2.05, 4.69) is 15.2 Å². The van der Waals surface area contributed by atoms with E-state index in [4.69, 9.17) is 11.6 Å². The van der Waals surface area contributed by atoms with E-state index in [1.807, 2.05) is 59.0 Å². The van der Waals surface area contributed by atoms with Crippen molar-refractivity contribution in [3.05, 3.63) is 53.1 Å². The number of fused-ring (bicyclic) bond motifs is 1. The number of benzene rings is 2. The minimum absolute atomic E-state index is 0.0451. The van der Waals surface area contributed by atoms with Gasteiger partial charge in [0, 0.05) is 49.0 Å². The van der Waals surface area contributed by atoms with Crippen LogP contribution in [0.15, 0.2) is 42.5 Å². The monoisotopic (exact) mass is 369 g/mol. The van der Waals surface area contributed by atoms with E-state index < -0.39 is 0 Å². The molecular formula is C19H20ClN5O. The van der Waals surface area contributed by atoms with Gasteiger partial charge in [0.1, 0.15) is 5.52 Å². The van der Waals surface area contributed by atoms with Crippen LogP contribution in [0.4, 0.5) is 5.69 Å². The number of nitrogens with zero attached hydrogens (tertiary/aromatic N) is 5. The largest absolute Gasteiger partial charge is 0.368 e. The maximum absolute atomic E-state index is 12.8. The molecule has 0 unspecified atom stereocenters. The first-order chi connectivity index (χ1) is 12.7. The SMILES string of the molecule is CCn1nnc2cc(C(=O)N3CCN(c4cccc(Cl)c4)CC3)ccc21. The van der Waals surface area contributed by atoms with Crippen LogP contribution in [0, 0.1) is 0 Å². The number of carbonyl (C=O) groups excluding carboxylic acids is 1. The molecule has 2 aromatic carbocycles. The van der Waals surface area contributed by atoms with Crippen LogP contribution in [0.1, 0.15) is 17.3 Å². The van der Waals surface area contributed by atoms with Crippen LogP contribution in [-0.2, 0) is 6.54 Å². The minimum Gasteiger partial charge on any atom is -0.368 e. The topological polar surface area (TPSA) is 54.3 Å². The van der Waals surface area contributed by atoms with Gasteiger partial charge in [0.25, 0.3) is 5.91 Å². The molecule has 0 bridgehead atoms. The third kappa shape index (κ3) is 3.12. The molecule has 1 aromatic heterocycles. The summed E-state index contributed by atoms with van der Waals surface area (Å²) in [6.45, 7) is 5.73. The number of carbonyl (C=O) groups is 1. The van der Waals surface area contributed by atoms with Crippen molar-refractivity contribution >= 4 is 34.2 Å². The molecule has 0 radical (unpaired) electrons. The zero-order valence-electron chi connectivity index (χ0n) is 14.6. The fourth-order valence-electron chi connectivity index (χ4n) is 3.36. The Kier molecular flexibility index (Phi) is 4.51. The normalized spacial score (nSPS) is 14.8. The highest BCUT2D eigenvalue weighted by Gasteiger charge is 2.23. The molecule has 2 heterocycles. The lowest BCUT2D eigenvalue weighted by molar-refractivity contribution is 0.0747. The van der Waals surface area contributed by atoms with Gasteiger partial charge < -0.3 is 9.80 Å². The number of anilines is 1.